The fraction of sp³-hybridized carbons (Fsp3) is 0.615. The summed E-state index contributed by atoms with van der Waals surface area (Å²) in [6, 6.07) is 6.56. The molecule has 1 aromatic carbocycles. The number of nitrogens with zero attached hydrogens (tertiary/aromatic N) is 1. The second kappa shape index (κ2) is 16.0. The molecule has 1 aliphatic heterocycles. The van der Waals surface area contributed by atoms with Crippen molar-refractivity contribution in [2.24, 2.45) is 10.9 Å². The highest BCUT2D eigenvalue weighted by Gasteiger charge is 2.58. The quantitative estimate of drug-likeness (QED) is 0.474. The van der Waals surface area contributed by atoms with Crippen molar-refractivity contribution in [1.29, 1.82) is 0 Å². The first kappa shape index (κ1) is 29.3. The minimum Gasteiger partial charge on any atom is -0.493 e. The van der Waals surface area contributed by atoms with E-state index in [1.54, 1.807) is 0 Å². The number of allylic oxidation sites excluding steroid dienone is 2. The Balaban J connectivity index is 0. The van der Waals surface area contributed by atoms with Gasteiger partial charge >= 0.3 is 0 Å². The maximum Gasteiger partial charge on any atom is 0.126 e. The lowest BCUT2D eigenvalue weighted by atomic mass is 9.86. The zero-order valence-corrected chi connectivity index (χ0v) is 20.8. The largest absolute Gasteiger partial charge is 0.493 e. The van der Waals surface area contributed by atoms with Crippen LogP contribution in [0.4, 0.5) is 0 Å². The van der Waals surface area contributed by atoms with Crippen LogP contribution >= 0.6 is 0 Å². The Bertz CT molecular complexity index is 642. The molecule has 3 rings (SSSR count). The maximum absolute atomic E-state index is 9.44. The van der Waals surface area contributed by atoms with Crippen LogP contribution in [0.1, 0.15) is 93.2 Å². The number of hydrogen-bond donors (Lipinski definition) is 0. The van der Waals surface area contributed by atoms with Gasteiger partial charge < -0.3 is 9.53 Å². The zero-order valence-electron chi connectivity index (χ0n) is 20.8. The Hall–Kier alpha value is -1.90. The summed E-state index contributed by atoms with van der Waals surface area (Å²) in [5, 5.41) is 0. The number of hydrogen-bond acceptors (Lipinski definition) is 3. The highest BCUT2D eigenvalue weighted by atomic mass is 16.5. The molecule has 2 aliphatic rings. The van der Waals surface area contributed by atoms with Crippen LogP contribution in [-0.2, 0) is 10.2 Å². The minimum atomic E-state index is 0.167. The number of rotatable bonds is 2. The molecule has 166 valence electrons. The summed E-state index contributed by atoms with van der Waals surface area (Å²) in [4.78, 5) is 14.0. The summed E-state index contributed by atoms with van der Waals surface area (Å²) in [5.41, 5.74) is 4.23. The third-order valence-corrected chi connectivity index (χ3v) is 4.48. The molecule has 0 bridgehead atoms. The van der Waals surface area contributed by atoms with Crippen LogP contribution in [0.3, 0.4) is 0 Å². The average molecular weight is 404 g/mol. The number of benzene rings is 1. The maximum atomic E-state index is 9.44. The Labute approximate surface area is 180 Å². The van der Waals surface area contributed by atoms with Crippen LogP contribution in [0.15, 0.2) is 35.0 Å². The van der Waals surface area contributed by atoms with E-state index >= 15 is 0 Å². The van der Waals surface area contributed by atoms with Crippen molar-refractivity contribution in [1.82, 2.24) is 0 Å². The molecule has 1 fully saturated rings. The molecule has 0 aromatic heterocycles. The summed E-state index contributed by atoms with van der Waals surface area (Å²) >= 11 is 0. The Morgan fingerprint density at radius 2 is 1.66 bits per heavy atom. The molecule has 1 spiro atoms. The predicted molar refractivity (Wildman–Crippen MR) is 129 cm³/mol. The fourth-order valence-electron chi connectivity index (χ4n) is 3.42. The zero-order chi connectivity index (χ0) is 23.0. The van der Waals surface area contributed by atoms with Gasteiger partial charge in [-0.15, -0.1) is 0 Å². The normalized spacial score (nSPS) is 20.8. The van der Waals surface area contributed by atoms with Crippen molar-refractivity contribution in [3.63, 3.8) is 0 Å². The highest BCUT2D eigenvalue weighted by Crippen LogP contribution is 2.63. The van der Waals surface area contributed by atoms with E-state index in [1.807, 2.05) is 54.7 Å². The van der Waals surface area contributed by atoms with E-state index < -0.39 is 0 Å². The molecular formula is C26H45NO2. The van der Waals surface area contributed by atoms with Gasteiger partial charge in [0.2, 0.25) is 0 Å². The number of aryl methyl sites for hydroxylation is 1. The average Bonchev–Trinajstić information content (AvgIpc) is 3.45. The molecule has 0 saturated heterocycles. The van der Waals surface area contributed by atoms with Gasteiger partial charge in [-0.05, 0) is 53.5 Å². The second-order valence-electron chi connectivity index (χ2n) is 6.52. The Morgan fingerprint density at radius 3 is 2.14 bits per heavy atom. The molecule has 1 heterocycles. The van der Waals surface area contributed by atoms with Crippen molar-refractivity contribution in [3.05, 3.63) is 41.1 Å². The van der Waals surface area contributed by atoms with E-state index in [1.165, 1.54) is 37.1 Å². The third kappa shape index (κ3) is 8.55. The van der Waals surface area contributed by atoms with Crippen molar-refractivity contribution >= 4 is 12.0 Å². The van der Waals surface area contributed by atoms with Crippen LogP contribution < -0.4 is 4.74 Å². The molecule has 1 saturated carbocycles. The molecule has 3 heteroatoms. The molecule has 1 aliphatic carbocycles. The standard InChI is InChI=1S/C17H21NO.C3H6O.3C2H6/c1-4-15(18-5-2)14-11-17(14)8-9-19-16-7-6-12(3)10-13(16)17;1-3(2)4;3*1-2/h4-7,10,14H,8-9,11H2,1-3H3;1-2H3;3*1-2H3/b15-4-,18-5?;;;;. The molecule has 2 atom stereocenters. The number of fused-ring (bicyclic) bond motifs is 2. The van der Waals surface area contributed by atoms with Crippen LogP contribution in [0.5, 0.6) is 5.75 Å². The van der Waals surface area contributed by atoms with E-state index in [0.29, 0.717) is 5.92 Å². The molecule has 0 N–H and O–H groups in total. The highest BCUT2D eigenvalue weighted by molar-refractivity contribution is 5.72. The first-order valence-corrected chi connectivity index (χ1v) is 11.3. The van der Waals surface area contributed by atoms with Gasteiger partial charge in [0.05, 0.1) is 6.61 Å². The number of ketones is 1. The summed E-state index contributed by atoms with van der Waals surface area (Å²) in [6.07, 6.45) is 6.39. The Kier molecular flexibility index (Phi) is 16.1. The predicted octanol–water partition coefficient (Wildman–Crippen LogP) is 7.70. The molecule has 2 unspecified atom stereocenters. The molecule has 0 amide bonds. The van der Waals surface area contributed by atoms with Crippen molar-refractivity contribution < 1.29 is 9.53 Å². The van der Waals surface area contributed by atoms with E-state index in [0.717, 1.165) is 18.8 Å². The van der Waals surface area contributed by atoms with Crippen LogP contribution in [0.2, 0.25) is 0 Å². The first-order valence-electron chi connectivity index (χ1n) is 11.3. The number of ether oxygens (including phenoxy) is 1. The van der Waals surface area contributed by atoms with Gasteiger partial charge in [0, 0.05) is 28.8 Å². The van der Waals surface area contributed by atoms with Crippen LogP contribution in [-0.4, -0.2) is 18.6 Å². The fourth-order valence-corrected chi connectivity index (χ4v) is 3.42. The minimum absolute atomic E-state index is 0.167. The van der Waals surface area contributed by atoms with E-state index in [4.69, 9.17) is 4.74 Å². The van der Waals surface area contributed by atoms with Gasteiger partial charge in [-0.3, -0.25) is 4.99 Å². The van der Waals surface area contributed by atoms with Gasteiger partial charge in [-0.2, -0.15) is 0 Å². The van der Waals surface area contributed by atoms with E-state index in [-0.39, 0.29) is 11.2 Å². The van der Waals surface area contributed by atoms with Gasteiger partial charge in [0.25, 0.3) is 0 Å². The van der Waals surface area contributed by atoms with Crippen molar-refractivity contribution in [3.8, 4) is 5.75 Å². The van der Waals surface area contributed by atoms with Gasteiger partial charge in [0.1, 0.15) is 11.5 Å². The molecule has 0 radical (unpaired) electrons. The number of carbonyl (C=O) groups excluding carboxylic acids is 1. The lowest BCUT2D eigenvalue weighted by Gasteiger charge is -2.27. The lowest BCUT2D eigenvalue weighted by Crippen LogP contribution is -2.22. The van der Waals surface area contributed by atoms with Crippen molar-refractivity contribution in [2.45, 2.75) is 94.4 Å². The van der Waals surface area contributed by atoms with Gasteiger partial charge in [-0.1, -0.05) is 65.3 Å². The number of Topliss-reactive ketones (excluding diaryl/α,β-unsaturated/α-hetero) is 1. The van der Waals surface area contributed by atoms with E-state index in [2.05, 4.69) is 43.1 Å². The summed E-state index contributed by atoms with van der Waals surface area (Å²) in [5.74, 6) is 1.81. The SMILES string of the molecule is CC.CC.CC.CC(C)=O.CC=N/C(=C\C)C1CC12CCOc1ccc(C)cc12. The third-order valence-electron chi connectivity index (χ3n) is 4.48. The Morgan fingerprint density at radius 1 is 1.10 bits per heavy atom. The smallest absolute Gasteiger partial charge is 0.126 e. The lowest BCUT2D eigenvalue weighted by molar-refractivity contribution is -0.114. The summed E-state index contributed by atoms with van der Waals surface area (Å²) < 4.78 is 5.82. The second-order valence-corrected chi connectivity index (χ2v) is 6.52. The first-order chi connectivity index (χ1) is 13.9. The van der Waals surface area contributed by atoms with Crippen molar-refractivity contribution in [2.75, 3.05) is 6.61 Å². The van der Waals surface area contributed by atoms with Crippen LogP contribution in [0, 0.1) is 12.8 Å². The monoisotopic (exact) mass is 403 g/mol. The molecule has 3 nitrogen and oxygen atoms in total. The molecule has 1 aromatic rings. The summed E-state index contributed by atoms with van der Waals surface area (Å²) in [7, 11) is 0. The van der Waals surface area contributed by atoms with Gasteiger partial charge in [0.15, 0.2) is 0 Å². The molecular weight excluding hydrogens is 358 g/mol. The number of aliphatic imine (C=N–C) groups is 1. The summed E-state index contributed by atoms with van der Waals surface area (Å²) in [6.45, 7) is 22.1. The molecule has 29 heavy (non-hydrogen) atoms. The number of carbonyl (C=O) groups is 1. The van der Waals surface area contributed by atoms with Crippen LogP contribution in [0.25, 0.3) is 0 Å². The van der Waals surface area contributed by atoms with E-state index in [9.17, 15) is 4.79 Å². The topological polar surface area (TPSA) is 38.7 Å². The van der Waals surface area contributed by atoms with Gasteiger partial charge in [-0.25, -0.2) is 0 Å².